The second kappa shape index (κ2) is 8.92. The number of hydrogen-bond donors (Lipinski definition) is 1. The summed E-state index contributed by atoms with van der Waals surface area (Å²) in [6.45, 7) is 7.40. The Balaban J connectivity index is 1.32. The highest BCUT2D eigenvalue weighted by Gasteiger charge is 2.26. The Labute approximate surface area is 191 Å². The van der Waals surface area contributed by atoms with E-state index in [9.17, 15) is 4.79 Å². The molecular weight excluding hydrogens is 420 g/mol. The Morgan fingerprint density at radius 1 is 1.19 bits per heavy atom. The molecule has 0 aliphatic carbocycles. The van der Waals surface area contributed by atoms with Gasteiger partial charge >= 0.3 is 0 Å². The van der Waals surface area contributed by atoms with Crippen LogP contribution in [0.25, 0.3) is 10.2 Å². The summed E-state index contributed by atoms with van der Waals surface area (Å²) in [4.78, 5) is 17.2. The van der Waals surface area contributed by atoms with Crippen LogP contribution in [-0.2, 0) is 6.54 Å². The quantitative estimate of drug-likeness (QED) is 0.436. The molecule has 1 atom stereocenters. The van der Waals surface area contributed by atoms with Gasteiger partial charge in [-0.3, -0.25) is 14.4 Å². The number of fused-ring (bicyclic) bond motifs is 1. The molecule has 1 N–H and O–H groups in total. The van der Waals surface area contributed by atoms with E-state index in [1.807, 2.05) is 29.8 Å². The number of aromatic nitrogens is 2. The molecule has 1 saturated heterocycles. The van der Waals surface area contributed by atoms with Crippen LogP contribution in [0.3, 0.4) is 0 Å². The normalized spacial score (nSPS) is 15.4. The number of nitrogens with one attached hydrogen (secondary N) is 1. The Bertz CT molecular complexity index is 1200. The van der Waals surface area contributed by atoms with Crippen molar-refractivity contribution in [2.75, 3.05) is 19.6 Å². The average Bonchev–Trinajstić information content (AvgIpc) is 3.58. The van der Waals surface area contributed by atoms with Gasteiger partial charge in [-0.1, -0.05) is 29.8 Å². The predicted molar refractivity (Wildman–Crippen MR) is 127 cm³/mol. The molecule has 7 heteroatoms. The first-order valence-corrected chi connectivity index (χ1v) is 12.0. The second-order valence-electron chi connectivity index (χ2n) is 8.54. The number of carbonyl (C=O) groups is 1. The fourth-order valence-electron chi connectivity index (χ4n) is 4.42. The van der Waals surface area contributed by atoms with Crippen LogP contribution in [-0.4, -0.2) is 40.2 Å². The topological polar surface area (TPSA) is 63.3 Å². The fourth-order valence-corrected chi connectivity index (χ4v) is 5.50. The number of hydrogen-bond acceptors (Lipinski definition) is 5. The van der Waals surface area contributed by atoms with Gasteiger partial charge in [0.25, 0.3) is 5.91 Å². The Morgan fingerprint density at radius 3 is 2.69 bits per heavy atom. The molecule has 0 spiro atoms. The molecule has 0 bridgehead atoms. The van der Waals surface area contributed by atoms with Crippen molar-refractivity contribution in [3.05, 3.63) is 76.2 Å². The van der Waals surface area contributed by atoms with Gasteiger partial charge in [-0.05, 0) is 63.5 Å². The van der Waals surface area contributed by atoms with E-state index >= 15 is 0 Å². The standard InChI is InChI=1S/C25H28N4O2S/c1-17-7-9-19(10-8-17)16-29-25-20(18(2)27-29)14-23(32-25)24(30)26-15-21(22-6-5-13-31-22)28-11-3-4-12-28/h5-10,13-14,21H,3-4,11-12,15-16H2,1-2H3,(H,26,30)/t21-/m0/s1. The van der Waals surface area contributed by atoms with E-state index in [1.165, 1.54) is 35.3 Å². The SMILES string of the molecule is Cc1ccc(Cn2nc(C)c3cc(C(=O)NC[C@@H](c4ccco4)N4CCCC4)sc32)cc1. The average molecular weight is 449 g/mol. The summed E-state index contributed by atoms with van der Waals surface area (Å²) < 4.78 is 7.68. The van der Waals surface area contributed by atoms with E-state index < -0.39 is 0 Å². The van der Waals surface area contributed by atoms with E-state index in [-0.39, 0.29) is 11.9 Å². The minimum Gasteiger partial charge on any atom is -0.468 e. The summed E-state index contributed by atoms with van der Waals surface area (Å²) in [5.74, 6) is 0.872. The van der Waals surface area contributed by atoms with Gasteiger partial charge in [0.1, 0.15) is 10.6 Å². The molecule has 5 rings (SSSR count). The molecule has 1 amide bonds. The van der Waals surface area contributed by atoms with Crippen molar-refractivity contribution < 1.29 is 9.21 Å². The van der Waals surface area contributed by atoms with Gasteiger partial charge in [0, 0.05) is 11.9 Å². The third-order valence-electron chi connectivity index (χ3n) is 6.19. The van der Waals surface area contributed by atoms with Crippen molar-refractivity contribution in [3.8, 4) is 0 Å². The number of thiophene rings is 1. The molecule has 0 unspecified atom stereocenters. The molecule has 0 radical (unpaired) electrons. The van der Waals surface area contributed by atoms with Crippen LogP contribution < -0.4 is 5.32 Å². The zero-order valence-corrected chi connectivity index (χ0v) is 19.3. The monoisotopic (exact) mass is 448 g/mol. The molecule has 1 aliphatic rings. The number of carbonyl (C=O) groups excluding carboxylic acids is 1. The van der Waals surface area contributed by atoms with Crippen LogP contribution >= 0.6 is 11.3 Å². The van der Waals surface area contributed by atoms with Crippen LogP contribution in [0.4, 0.5) is 0 Å². The lowest BCUT2D eigenvalue weighted by molar-refractivity contribution is 0.0938. The van der Waals surface area contributed by atoms with E-state index in [2.05, 4.69) is 41.4 Å². The van der Waals surface area contributed by atoms with Gasteiger partial charge in [0.2, 0.25) is 0 Å². The lowest BCUT2D eigenvalue weighted by Gasteiger charge is -2.25. The fraction of sp³-hybridized carbons (Fsp3) is 0.360. The maximum absolute atomic E-state index is 13.0. The number of amides is 1. The number of benzene rings is 1. The van der Waals surface area contributed by atoms with Crippen molar-refractivity contribution in [2.45, 2.75) is 39.3 Å². The van der Waals surface area contributed by atoms with Crippen LogP contribution in [0.2, 0.25) is 0 Å². The number of furan rings is 1. The molecule has 166 valence electrons. The van der Waals surface area contributed by atoms with Crippen molar-refractivity contribution in [3.63, 3.8) is 0 Å². The zero-order valence-electron chi connectivity index (χ0n) is 18.5. The maximum Gasteiger partial charge on any atom is 0.261 e. The molecule has 1 aliphatic heterocycles. The summed E-state index contributed by atoms with van der Waals surface area (Å²) in [5, 5.41) is 8.90. The minimum atomic E-state index is -0.0387. The van der Waals surface area contributed by atoms with E-state index in [0.29, 0.717) is 13.1 Å². The number of rotatable bonds is 7. The van der Waals surface area contributed by atoms with Crippen molar-refractivity contribution in [1.29, 1.82) is 0 Å². The van der Waals surface area contributed by atoms with Crippen LogP contribution in [0.15, 0.2) is 53.1 Å². The minimum absolute atomic E-state index is 0.0387. The third kappa shape index (κ3) is 4.23. The predicted octanol–water partition coefficient (Wildman–Crippen LogP) is 4.92. The van der Waals surface area contributed by atoms with Crippen molar-refractivity contribution in [2.24, 2.45) is 0 Å². The van der Waals surface area contributed by atoms with Crippen LogP contribution in [0.5, 0.6) is 0 Å². The van der Waals surface area contributed by atoms with Gasteiger partial charge in [0.05, 0.1) is 29.4 Å². The summed E-state index contributed by atoms with van der Waals surface area (Å²) >= 11 is 1.51. The highest BCUT2D eigenvalue weighted by molar-refractivity contribution is 7.20. The van der Waals surface area contributed by atoms with E-state index in [4.69, 9.17) is 9.52 Å². The van der Waals surface area contributed by atoms with E-state index in [0.717, 1.165) is 39.6 Å². The lowest BCUT2D eigenvalue weighted by Crippen LogP contribution is -2.36. The Kier molecular flexibility index (Phi) is 5.85. The molecule has 0 saturated carbocycles. The number of likely N-dealkylation sites (tertiary alicyclic amines) is 1. The molecule has 3 aromatic heterocycles. The van der Waals surface area contributed by atoms with Gasteiger partial charge in [-0.25, -0.2) is 0 Å². The Hall–Kier alpha value is -2.90. The molecule has 6 nitrogen and oxygen atoms in total. The van der Waals surface area contributed by atoms with Crippen molar-refractivity contribution >= 4 is 27.5 Å². The lowest BCUT2D eigenvalue weighted by atomic mass is 10.1. The maximum atomic E-state index is 13.0. The second-order valence-corrected chi connectivity index (χ2v) is 9.57. The first-order valence-electron chi connectivity index (χ1n) is 11.2. The highest BCUT2D eigenvalue weighted by atomic mass is 32.1. The third-order valence-corrected chi connectivity index (χ3v) is 7.34. The smallest absolute Gasteiger partial charge is 0.261 e. The molecule has 1 aromatic carbocycles. The Morgan fingerprint density at radius 2 is 1.97 bits per heavy atom. The summed E-state index contributed by atoms with van der Waals surface area (Å²) in [6.07, 6.45) is 4.09. The molecular formula is C25H28N4O2S. The molecule has 4 aromatic rings. The highest BCUT2D eigenvalue weighted by Crippen LogP contribution is 2.30. The van der Waals surface area contributed by atoms with Crippen molar-refractivity contribution in [1.82, 2.24) is 20.0 Å². The van der Waals surface area contributed by atoms with Gasteiger partial charge < -0.3 is 9.73 Å². The first kappa shape index (κ1) is 21.0. The summed E-state index contributed by atoms with van der Waals surface area (Å²) in [5.41, 5.74) is 3.40. The van der Waals surface area contributed by atoms with Crippen LogP contribution in [0.1, 0.15) is 51.1 Å². The van der Waals surface area contributed by atoms with Crippen LogP contribution in [0, 0.1) is 13.8 Å². The first-order chi connectivity index (χ1) is 15.6. The summed E-state index contributed by atoms with van der Waals surface area (Å²) in [7, 11) is 0. The van der Waals surface area contributed by atoms with Gasteiger partial charge in [-0.15, -0.1) is 11.3 Å². The van der Waals surface area contributed by atoms with E-state index in [1.54, 1.807) is 6.26 Å². The molecule has 4 heterocycles. The summed E-state index contributed by atoms with van der Waals surface area (Å²) in [6, 6.07) is 14.5. The van der Waals surface area contributed by atoms with Gasteiger partial charge in [0.15, 0.2) is 0 Å². The molecule has 1 fully saturated rings. The zero-order chi connectivity index (χ0) is 22.1. The molecule has 32 heavy (non-hydrogen) atoms. The largest absolute Gasteiger partial charge is 0.468 e. The van der Waals surface area contributed by atoms with Gasteiger partial charge in [-0.2, -0.15) is 5.10 Å². The number of nitrogens with zero attached hydrogens (tertiary/aromatic N) is 3. The number of aryl methyl sites for hydroxylation is 2.